The van der Waals surface area contributed by atoms with Crippen molar-refractivity contribution >= 4 is 50.1 Å². The Balaban J connectivity index is 1.36. The third kappa shape index (κ3) is 5.28. The van der Waals surface area contributed by atoms with Gasteiger partial charge in [-0.05, 0) is 23.6 Å². The van der Waals surface area contributed by atoms with Crippen molar-refractivity contribution in [2.45, 2.75) is 24.9 Å². The van der Waals surface area contributed by atoms with E-state index >= 15 is 0 Å². The fourth-order valence-electron chi connectivity index (χ4n) is 3.08. The van der Waals surface area contributed by atoms with E-state index in [2.05, 4.69) is 74.5 Å². The van der Waals surface area contributed by atoms with Crippen molar-refractivity contribution in [3.05, 3.63) is 63.9 Å². The predicted molar refractivity (Wildman–Crippen MR) is 135 cm³/mol. The molecular weight excluding hydrogens is 506 g/mol. The molecule has 0 aliphatic carbocycles. The van der Waals surface area contributed by atoms with Gasteiger partial charge in [-0.3, -0.25) is 4.79 Å². The maximum atomic E-state index is 12.4. The average Bonchev–Trinajstić information content (AvgIpc) is 3.39. The molecule has 164 valence electrons. The lowest BCUT2D eigenvalue weighted by atomic mass is 10.0. The number of benzene rings is 2. The van der Waals surface area contributed by atoms with Gasteiger partial charge in [-0.15, -0.1) is 21.5 Å². The number of rotatable bonds is 7. The monoisotopic (exact) mass is 527 g/mol. The summed E-state index contributed by atoms with van der Waals surface area (Å²) in [6.45, 7) is 4.34. The minimum Gasteiger partial charge on any atom is -0.305 e. The first-order valence-corrected chi connectivity index (χ1v) is 12.7. The fraction of sp³-hybridized carbons (Fsp3) is 0.217. The van der Waals surface area contributed by atoms with Gasteiger partial charge in [0.25, 0.3) is 0 Å². The molecule has 1 N–H and O–H groups in total. The number of hydrogen-bond donors (Lipinski definition) is 1. The molecule has 9 heteroatoms. The van der Waals surface area contributed by atoms with E-state index in [0.29, 0.717) is 16.2 Å². The van der Waals surface area contributed by atoms with Gasteiger partial charge in [-0.1, -0.05) is 77.9 Å². The predicted octanol–water partition coefficient (Wildman–Crippen LogP) is 6.22. The zero-order valence-corrected chi connectivity index (χ0v) is 21.1. The molecule has 0 saturated heterocycles. The molecule has 0 bridgehead atoms. The zero-order valence-electron chi connectivity index (χ0n) is 17.9. The molecule has 2 aromatic carbocycles. The van der Waals surface area contributed by atoms with Crippen LogP contribution in [0.4, 0.5) is 5.13 Å². The second-order valence-electron chi connectivity index (χ2n) is 7.52. The lowest BCUT2D eigenvalue weighted by Crippen LogP contribution is -2.14. The summed E-state index contributed by atoms with van der Waals surface area (Å²) in [5, 5.41) is 14.6. The zero-order chi connectivity index (χ0) is 22.7. The van der Waals surface area contributed by atoms with Crippen LogP contribution < -0.4 is 5.32 Å². The molecule has 1 amide bonds. The Labute approximate surface area is 203 Å². The number of halogens is 1. The molecule has 4 rings (SSSR count). The Kier molecular flexibility index (Phi) is 7.07. The second kappa shape index (κ2) is 9.97. The Hall–Kier alpha value is -2.49. The van der Waals surface area contributed by atoms with Gasteiger partial charge in [-0.25, -0.2) is 4.98 Å². The van der Waals surface area contributed by atoms with Crippen LogP contribution in [-0.2, 0) is 11.8 Å². The number of nitrogens with zero attached hydrogens (tertiary/aromatic N) is 4. The van der Waals surface area contributed by atoms with Crippen LogP contribution in [0.15, 0.2) is 63.5 Å². The maximum Gasteiger partial charge on any atom is 0.236 e. The van der Waals surface area contributed by atoms with Crippen LogP contribution in [0.25, 0.3) is 22.6 Å². The summed E-state index contributed by atoms with van der Waals surface area (Å²) >= 11 is 6.19. The minimum atomic E-state index is -0.127. The van der Waals surface area contributed by atoms with E-state index in [1.165, 1.54) is 28.7 Å². The molecule has 0 unspecified atom stereocenters. The summed E-state index contributed by atoms with van der Waals surface area (Å²) in [5.41, 5.74) is 4.14. The molecule has 0 atom stereocenters. The molecule has 6 nitrogen and oxygen atoms in total. The number of thiazole rings is 1. The van der Waals surface area contributed by atoms with Gasteiger partial charge in [0.1, 0.15) is 0 Å². The van der Waals surface area contributed by atoms with Gasteiger partial charge in [0.2, 0.25) is 5.91 Å². The van der Waals surface area contributed by atoms with E-state index in [0.717, 1.165) is 27.1 Å². The Bertz CT molecular complexity index is 1220. The highest BCUT2D eigenvalue weighted by molar-refractivity contribution is 9.10. The molecule has 0 aliphatic heterocycles. The van der Waals surface area contributed by atoms with Crippen molar-refractivity contribution in [2.75, 3.05) is 11.1 Å². The van der Waals surface area contributed by atoms with Gasteiger partial charge >= 0.3 is 0 Å². The standard InChI is InChI=1S/C23H22BrN5OS2/c1-14(2)15-4-6-17(7-5-15)21-27-28-23(29(21)3)32-13-20(30)26-22-25-19(12-31-22)16-8-10-18(24)11-9-16/h4-12,14H,13H2,1-3H3,(H,25,26,30). The van der Waals surface area contributed by atoms with Crippen molar-refractivity contribution in [1.29, 1.82) is 0 Å². The van der Waals surface area contributed by atoms with E-state index in [4.69, 9.17) is 0 Å². The van der Waals surface area contributed by atoms with Crippen LogP contribution in [0.2, 0.25) is 0 Å². The van der Waals surface area contributed by atoms with Gasteiger partial charge < -0.3 is 9.88 Å². The number of nitrogens with one attached hydrogen (secondary N) is 1. The van der Waals surface area contributed by atoms with E-state index < -0.39 is 0 Å². The smallest absolute Gasteiger partial charge is 0.236 e. The molecule has 2 aromatic heterocycles. The van der Waals surface area contributed by atoms with Gasteiger partial charge in [0, 0.05) is 28.0 Å². The van der Waals surface area contributed by atoms with Crippen LogP contribution in [0.1, 0.15) is 25.3 Å². The number of aromatic nitrogens is 4. The summed E-state index contributed by atoms with van der Waals surface area (Å²) in [6, 6.07) is 16.3. The van der Waals surface area contributed by atoms with E-state index in [1.807, 2.05) is 41.3 Å². The van der Waals surface area contributed by atoms with Crippen LogP contribution in [0.3, 0.4) is 0 Å². The van der Waals surface area contributed by atoms with E-state index in [9.17, 15) is 4.79 Å². The number of carbonyl (C=O) groups is 1. The van der Waals surface area contributed by atoms with E-state index in [-0.39, 0.29) is 11.7 Å². The molecule has 0 fully saturated rings. The minimum absolute atomic E-state index is 0.127. The summed E-state index contributed by atoms with van der Waals surface area (Å²) in [6.07, 6.45) is 0. The van der Waals surface area contributed by atoms with Crippen LogP contribution >= 0.6 is 39.0 Å². The highest BCUT2D eigenvalue weighted by atomic mass is 79.9. The molecule has 0 radical (unpaired) electrons. The molecule has 0 spiro atoms. The fourth-order valence-corrected chi connectivity index (χ4v) is 4.79. The number of thioether (sulfide) groups is 1. The number of carbonyl (C=O) groups excluding carboxylic acids is 1. The van der Waals surface area contributed by atoms with Crippen molar-refractivity contribution in [1.82, 2.24) is 19.7 Å². The first-order chi connectivity index (χ1) is 15.4. The number of hydrogen-bond acceptors (Lipinski definition) is 6. The molecule has 2 heterocycles. The van der Waals surface area contributed by atoms with Crippen molar-refractivity contribution in [3.8, 4) is 22.6 Å². The van der Waals surface area contributed by atoms with Gasteiger partial charge in [-0.2, -0.15) is 0 Å². The summed E-state index contributed by atoms with van der Waals surface area (Å²) in [7, 11) is 1.91. The third-order valence-electron chi connectivity index (χ3n) is 4.89. The highest BCUT2D eigenvalue weighted by Crippen LogP contribution is 2.27. The normalized spacial score (nSPS) is 11.2. The summed E-state index contributed by atoms with van der Waals surface area (Å²) in [4.78, 5) is 17.0. The maximum absolute atomic E-state index is 12.4. The van der Waals surface area contributed by atoms with E-state index in [1.54, 1.807) is 0 Å². The van der Waals surface area contributed by atoms with Crippen LogP contribution in [0.5, 0.6) is 0 Å². The Morgan fingerprint density at radius 3 is 2.47 bits per heavy atom. The van der Waals surface area contributed by atoms with Crippen LogP contribution in [0, 0.1) is 0 Å². The van der Waals surface area contributed by atoms with Crippen LogP contribution in [-0.4, -0.2) is 31.4 Å². The SMILES string of the molecule is CC(C)c1ccc(-c2nnc(SCC(=O)Nc3nc(-c4ccc(Br)cc4)cs3)n2C)cc1. The van der Waals surface area contributed by atoms with Crippen molar-refractivity contribution < 1.29 is 4.79 Å². The largest absolute Gasteiger partial charge is 0.305 e. The molecule has 4 aromatic rings. The summed E-state index contributed by atoms with van der Waals surface area (Å²) in [5.74, 6) is 1.36. The third-order valence-corrected chi connectivity index (χ3v) is 7.20. The molecular formula is C23H22BrN5OS2. The first-order valence-electron chi connectivity index (χ1n) is 10.0. The first kappa shape index (κ1) is 22.7. The highest BCUT2D eigenvalue weighted by Gasteiger charge is 2.14. The van der Waals surface area contributed by atoms with Gasteiger partial charge in [0.05, 0.1) is 11.4 Å². The number of anilines is 1. The Morgan fingerprint density at radius 2 is 1.78 bits per heavy atom. The second-order valence-corrected chi connectivity index (χ2v) is 10.2. The lowest BCUT2D eigenvalue weighted by Gasteiger charge is -2.07. The van der Waals surface area contributed by atoms with Gasteiger partial charge in [0.15, 0.2) is 16.1 Å². The topological polar surface area (TPSA) is 72.7 Å². The molecule has 32 heavy (non-hydrogen) atoms. The number of amides is 1. The lowest BCUT2D eigenvalue weighted by molar-refractivity contribution is -0.113. The Morgan fingerprint density at radius 1 is 1.09 bits per heavy atom. The quantitative estimate of drug-likeness (QED) is 0.288. The molecule has 0 saturated carbocycles. The summed E-state index contributed by atoms with van der Waals surface area (Å²) < 4.78 is 2.93. The average molecular weight is 529 g/mol. The van der Waals surface area contributed by atoms with Crippen molar-refractivity contribution in [3.63, 3.8) is 0 Å². The van der Waals surface area contributed by atoms with Crippen molar-refractivity contribution in [2.24, 2.45) is 7.05 Å². The molecule has 0 aliphatic rings.